The van der Waals surface area contributed by atoms with E-state index in [1.165, 1.54) is 0 Å². The number of hydrogen-bond acceptors (Lipinski definition) is 6. The standard InChI is InChI=1S/C20H27NO6/c1-5-26-18(23)16-11-15(13-25-12-14-9-7-6-8-10-14)17(22)21(16)19(24)27-20(2,3)4/h6-10,15-16H,5,11-13H2,1-4H3/t15-,16-/m0/s1. The molecule has 1 aliphatic rings. The third kappa shape index (κ3) is 5.79. The zero-order chi connectivity index (χ0) is 20.0. The van der Waals surface area contributed by atoms with Gasteiger partial charge < -0.3 is 14.2 Å². The number of ether oxygens (including phenoxy) is 3. The van der Waals surface area contributed by atoms with Crippen molar-refractivity contribution in [3.8, 4) is 0 Å². The molecule has 7 heteroatoms. The molecule has 1 saturated heterocycles. The Morgan fingerprint density at radius 2 is 1.85 bits per heavy atom. The Morgan fingerprint density at radius 1 is 1.19 bits per heavy atom. The molecule has 1 aliphatic heterocycles. The van der Waals surface area contributed by atoms with Crippen LogP contribution in [-0.4, -0.2) is 47.7 Å². The first kappa shape index (κ1) is 20.9. The summed E-state index contributed by atoms with van der Waals surface area (Å²) >= 11 is 0. The summed E-state index contributed by atoms with van der Waals surface area (Å²) in [4.78, 5) is 38.3. The minimum atomic E-state index is -0.988. The summed E-state index contributed by atoms with van der Waals surface area (Å²) in [7, 11) is 0. The van der Waals surface area contributed by atoms with Gasteiger partial charge in [0.05, 0.1) is 25.7 Å². The van der Waals surface area contributed by atoms with Crippen LogP contribution in [0.4, 0.5) is 4.79 Å². The number of benzene rings is 1. The summed E-state index contributed by atoms with van der Waals surface area (Å²) in [6.45, 7) is 7.40. The van der Waals surface area contributed by atoms with E-state index in [4.69, 9.17) is 14.2 Å². The normalized spacial score (nSPS) is 19.9. The van der Waals surface area contributed by atoms with Crippen molar-refractivity contribution in [2.75, 3.05) is 13.2 Å². The van der Waals surface area contributed by atoms with Gasteiger partial charge in [0.25, 0.3) is 0 Å². The van der Waals surface area contributed by atoms with E-state index in [9.17, 15) is 14.4 Å². The van der Waals surface area contributed by atoms with Gasteiger partial charge in [-0.25, -0.2) is 14.5 Å². The number of carbonyl (C=O) groups is 3. The number of rotatable bonds is 6. The number of esters is 1. The van der Waals surface area contributed by atoms with Gasteiger partial charge in [-0.2, -0.15) is 0 Å². The molecule has 148 valence electrons. The molecule has 0 spiro atoms. The average molecular weight is 377 g/mol. The second-order valence-corrected chi connectivity index (χ2v) is 7.39. The Hall–Kier alpha value is -2.41. The number of amides is 2. The number of nitrogens with zero attached hydrogens (tertiary/aromatic N) is 1. The Labute approximate surface area is 159 Å². The maximum absolute atomic E-state index is 12.7. The van der Waals surface area contributed by atoms with E-state index in [2.05, 4.69) is 0 Å². The lowest BCUT2D eigenvalue weighted by Crippen LogP contribution is -2.46. The number of hydrogen-bond donors (Lipinski definition) is 0. The second-order valence-electron chi connectivity index (χ2n) is 7.39. The molecule has 7 nitrogen and oxygen atoms in total. The predicted molar refractivity (Wildman–Crippen MR) is 97.7 cm³/mol. The molecule has 1 aromatic rings. The highest BCUT2D eigenvalue weighted by Crippen LogP contribution is 2.28. The van der Waals surface area contributed by atoms with Gasteiger partial charge in [0.1, 0.15) is 11.6 Å². The SMILES string of the molecule is CCOC(=O)[C@@H]1C[C@@H](COCc2ccccc2)C(=O)N1C(=O)OC(C)(C)C. The van der Waals surface area contributed by atoms with Crippen molar-refractivity contribution in [2.45, 2.75) is 52.4 Å². The molecule has 1 aromatic carbocycles. The van der Waals surface area contributed by atoms with Gasteiger partial charge in [-0.15, -0.1) is 0 Å². The summed E-state index contributed by atoms with van der Waals surface area (Å²) in [5.41, 5.74) is 0.201. The minimum Gasteiger partial charge on any atom is -0.464 e. The summed E-state index contributed by atoms with van der Waals surface area (Å²) < 4.78 is 16.0. The van der Waals surface area contributed by atoms with Gasteiger partial charge in [-0.3, -0.25) is 4.79 Å². The maximum Gasteiger partial charge on any atom is 0.417 e. The molecule has 0 unspecified atom stereocenters. The molecule has 2 rings (SSSR count). The highest BCUT2D eigenvalue weighted by Gasteiger charge is 2.48. The molecule has 27 heavy (non-hydrogen) atoms. The monoisotopic (exact) mass is 377 g/mol. The van der Waals surface area contributed by atoms with Gasteiger partial charge in [0, 0.05) is 0 Å². The lowest BCUT2D eigenvalue weighted by Gasteiger charge is -2.26. The van der Waals surface area contributed by atoms with Crippen LogP contribution < -0.4 is 0 Å². The van der Waals surface area contributed by atoms with Crippen molar-refractivity contribution in [1.82, 2.24) is 4.90 Å². The quantitative estimate of drug-likeness (QED) is 0.709. The average Bonchev–Trinajstić information content (AvgIpc) is 2.91. The van der Waals surface area contributed by atoms with Crippen LogP contribution in [0.1, 0.15) is 39.7 Å². The van der Waals surface area contributed by atoms with Crippen molar-refractivity contribution in [1.29, 1.82) is 0 Å². The largest absolute Gasteiger partial charge is 0.464 e. The molecule has 0 aromatic heterocycles. The van der Waals surface area contributed by atoms with E-state index in [-0.39, 0.29) is 19.6 Å². The number of imide groups is 1. The third-order valence-corrected chi connectivity index (χ3v) is 3.99. The van der Waals surface area contributed by atoms with Crippen LogP contribution in [0, 0.1) is 5.92 Å². The molecule has 0 aliphatic carbocycles. The molecule has 0 saturated carbocycles. The summed E-state index contributed by atoms with van der Waals surface area (Å²) in [6, 6.07) is 8.57. The zero-order valence-corrected chi connectivity index (χ0v) is 16.3. The van der Waals surface area contributed by atoms with Gasteiger partial charge in [0.2, 0.25) is 5.91 Å². The van der Waals surface area contributed by atoms with Gasteiger partial charge in [0.15, 0.2) is 0 Å². The molecule has 2 atom stereocenters. The van der Waals surface area contributed by atoms with Crippen molar-refractivity contribution in [3.63, 3.8) is 0 Å². The number of carbonyl (C=O) groups excluding carboxylic acids is 3. The molecule has 1 fully saturated rings. The highest BCUT2D eigenvalue weighted by molar-refractivity contribution is 6.00. The first-order chi connectivity index (χ1) is 12.7. The molecule has 1 heterocycles. The van der Waals surface area contributed by atoms with Crippen LogP contribution >= 0.6 is 0 Å². The molecule has 0 radical (unpaired) electrons. The van der Waals surface area contributed by atoms with Crippen molar-refractivity contribution < 1.29 is 28.6 Å². The maximum atomic E-state index is 12.7. The highest BCUT2D eigenvalue weighted by atomic mass is 16.6. The van der Waals surface area contributed by atoms with Crippen LogP contribution in [0.3, 0.4) is 0 Å². The lowest BCUT2D eigenvalue weighted by molar-refractivity contribution is -0.151. The van der Waals surface area contributed by atoms with E-state index in [0.717, 1.165) is 10.5 Å². The topological polar surface area (TPSA) is 82.1 Å². The minimum absolute atomic E-state index is 0.114. The van der Waals surface area contributed by atoms with Gasteiger partial charge in [-0.05, 0) is 39.7 Å². The first-order valence-corrected chi connectivity index (χ1v) is 9.07. The molecule has 0 N–H and O–H groups in total. The van der Waals surface area contributed by atoms with Gasteiger partial charge >= 0.3 is 12.1 Å². The Kier molecular flexibility index (Phi) is 6.96. The first-order valence-electron chi connectivity index (χ1n) is 9.07. The van der Waals surface area contributed by atoms with E-state index < -0.39 is 35.5 Å². The van der Waals surface area contributed by atoms with E-state index in [0.29, 0.717) is 6.61 Å². The van der Waals surface area contributed by atoms with Crippen molar-refractivity contribution in [2.24, 2.45) is 5.92 Å². The fraction of sp³-hybridized carbons (Fsp3) is 0.550. The fourth-order valence-corrected chi connectivity index (χ4v) is 2.83. The molecule has 2 amide bonds. The number of likely N-dealkylation sites (tertiary alicyclic amines) is 1. The lowest BCUT2D eigenvalue weighted by atomic mass is 10.1. The van der Waals surface area contributed by atoms with Crippen LogP contribution in [0.25, 0.3) is 0 Å². The Bertz CT molecular complexity index is 667. The zero-order valence-electron chi connectivity index (χ0n) is 16.3. The summed E-state index contributed by atoms with van der Waals surface area (Å²) in [5, 5.41) is 0. The summed E-state index contributed by atoms with van der Waals surface area (Å²) in [5.74, 6) is -1.69. The smallest absolute Gasteiger partial charge is 0.417 e. The van der Waals surface area contributed by atoms with E-state index >= 15 is 0 Å². The predicted octanol–water partition coefficient (Wildman–Crippen LogP) is 2.92. The van der Waals surface area contributed by atoms with Crippen LogP contribution in [0.15, 0.2) is 30.3 Å². The Morgan fingerprint density at radius 3 is 2.44 bits per heavy atom. The van der Waals surface area contributed by atoms with Crippen molar-refractivity contribution in [3.05, 3.63) is 35.9 Å². The van der Waals surface area contributed by atoms with Crippen LogP contribution in [-0.2, 0) is 30.4 Å². The van der Waals surface area contributed by atoms with Gasteiger partial charge in [-0.1, -0.05) is 30.3 Å². The summed E-state index contributed by atoms with van der Waals surface area (Å²) in [6.07, 6.45) is -0.679. The molecular weight excluding hydrogens is 350 g/mol. The molecular formula is C20H27NO6. The molecule has 0 bridgehead atoms. The second kappa shape index (κ2) is 8.99. The van der Waals surface area contributed by atoms with Crippen LogP contribution in [0.2, 0.25) is 0 Å². The van der Waals surface area contributed by atoms with E-state index in [1.807, 2.05) is 30.3 Å². The Balaban J connectivity index is 2.05. The van der Waals surface area contributed by atoms with Crippen LogP contribution in [0.5, 0.6) is 0 Å². The van der Waals surface area contributed by atoms with E-state index in [1.54, 1.807) is 27.7 Å². The fourth-order valence-electron chi connectivity index (χ4n) is 2.83. The third-order valence-electron chi connectivity index (χ3n) is 3.99. The van der Waals surface area contributed by atoms with Crippen molar-refractivity contribution >= 4 is 18.0 Å².